The zero-order valence-electron chi connectivity index (χ0n) is 9.93. The van der Waals surface area contributed by atoms with E-state index in [1.54, 1.807) is 22.3 Å². The average molecular weight is 251 g/mol. The third-order valence-electron chi connectivity index (χ3n) is 3.06. The van der Waals surface area contributed by atoms with E-state index in [0.29, 0.717) is 25.9 Å². The molecule has 1 aromatic rings. The van der Waals surface area contributed by atoms with Crippen LogP contribution in [-0.4, -0.2) is 35.1 Å². The van der Waals surface area contributed by atoms with Crippen molar-refractivity contribution < 1.29 is 9.90 Å². The molecule has 1 aromatic heterocycles. The van der Waals surface area contributed by atoms with Crippen molar-refractivity contribution in [2.75, 3.05) is 13.1 Å². The van der Waals surface area contributed by atoms with E-state index in [2.05, 4.69) is 0 Å². The summed E-state index contributed by atoms with van der Waals surface area (Å²) in [5, 5.41) is 11.4. The Hall–Kier alpha value is -1.13. The zero-order chi connectivity index (χ0) is 12.3. The molecule has 1 aliphatic rings. The molecular weight excluding hydrogens is 234 g/mol. The van der Waals surface area contributed by atoms with E-state index in [4.69, 9.17) is 0 Å². The highest BCUT2D eigenvalue weighted by Gasteiger charge is 2.19. The molecule has 1 aliphatic heterocycles. The molecule has 17 heavy (non-hydrogen) atoms. The summed E-state index contributed by atoms with van der Waals surface area (Å²) in [6.45, 7) is 3.36. The van der Waals surface area contributed by atoms with Gasteiger partial charge in [-0.25, -0.2) is 0 Å². The molecule has 2 heterocycles. The lowest BCUT2D eigenvalue weighted by Gasteiger charge is -2.28. The highest BCUT2D eigenvalue weighted by atomic mass is 32.1. The summed E-state index contributed by atoms with van der Waals surface area (Å²) in [6.07, 6.45) is 4.67. The molecule has 0 aromatic carbocycles. The van der Waals surface area contributed by atoms with E-state index in [1.807, 2.05) is 24.4 Å². The van der Waals surface area contributed by atoms with Gasteiger partial charge in [0.2, 0.25) is 5.91 Å². The van der Waals surface area contributed by atoms with Crippen LogP contribution in [0.2, 0.25) is 0 Å². The molecular formula is C13H17NO2S. The minimum absolute atomic E-state index is 0.0460. The van der Waals surface area contributed by atoms with Gasteiger partial charge in [-0.05, 0) is 42.9 Å². The molecule has 1 N–H and O–H groups in total. The second-order valence-electron chi connectivity index (χ2n) is 4.36. The lowest BCUT2D eigenvalue weighted by molar-refractivity contribution is -0.127. The van der Waals surface area contributed by atoms with E-state index in [-0.39, 0.29) is 12.0 Å². The van der Waals surface area contributed by atoms with Gasteiger partial charge >= 0.3 is 0 Å². The fourth-order valence-electron chi connectivity index (χ4n) is 1.89. The van der Waals surface area contributed by atoms with Crippen LogP contribution in [0.1, 0.15) is 23.3 Å². The van der Waals surface area contributed by atoms with E-state index >= 15 is 0 Å². The van der Waals surface area contributed by atoms with Gasteiger partial charge in [0.15, 0.2) is 0 Å². The van der Waals surface area contributed by atoms with E-state index in [0.717, 1.165) is 4.88 Å². The van der Waals surface area contributed by atoms with Crippen molar-refractivity contribution in [1.29, 1.82) is 0 Å². The molecule has 92 valence electrons. The number of aliphatic hydroxyl groups excluding tert-OH is 1. The molecule has 0 atom stereocenters. The van der Waals surface area contributed by atoms with Crippen LogP contribution in [0.4, 0.5) is 0 Å². The van der Waals surface area contributed by atoms with Crippen LogP contribution in [0.3, 0.4) is 0 Å². The normalized spacial score (nSPS) is 17.9. The first kappa shape index (κ1) is 12.3. The number of aliphatic hydroxyl groups is 1. The molecule has 2 rings (SSSR count). The van der Waals surface area contributed by atoms with Gasteiger partial charge in [-0.2, -0.15) is 0 Å². The van der Waals surface area contributed by atoms with Crippen molar-refractivity contribution in [1.82, 2.24) is 4.90 Å². The largest absolute Gasteiger partial charge is 0.393 e. The lowest BCUT2D eigenvalue weighted by atomic mass is 10.1. The van der Waals surface area contributed by atoms with Crippen molar-refractivity contribution >= 4 is 23.3 Å². The van der Waals surface area contributed by atoms with Gasteiger partial charge in [-0.3, -0.25) is 4.79 Å². The third-order valence-corrected chi connectivity index (χ3v) is 4.04. The number of hydrogen-bond acceptors (Lipinski definition) is 3. The molecule has 0 radical (unpaired) electrons. The van der Waals surface area contributed by atoms with Crippen LogP contribution in [-0.2, 0) is 4.79 Å². The van der Waals surface area contributed by atoms with Crippen molar-refractivity contribution in [3.63, 3.8) is 0 Å². The van der Waals surface area contributed by atoms with E-state index in [1.165, 1.54) is 5.56 Å². The van der Waals surface area contributed by atoms with Crippen molar-refractivity contribution in [2.45, 2.75) is 25.9 Å². The molecule has 0 saturated carbocycles. The second-order valence-corrected chi connectivity index (χ2v) is 5.31. The van der Waals surface area contributed by atoms with Crippen LogP contribution >= 0.6 is 11.3 Å². The molecule has 0 aliphatic carbocycles. The Kier molecular flexibility index (Phi) is 3.97. The maximum Gasteiger partial charge on any atom is 0.246 e. The first-order chi connectivity index (χ1) is 8.16. The summed E-state index contributed by atoms with van der Waals surface area (Å²) in [6, 6.07) is 2.05. The third kappa shape index (κ3) is 3.17. The number of nitrogens with zero attached hydrogens (tertiary/aromatic N) is 1. The van der Waals surface area contributed by atoms with Crippen LogP contribution in [0.5, 0.6) is 0 Å². The second kappa shape index (κ2) is 5.47. The number of amides is 1. The van der Waals surface area contributed by atoms with Gasteiger partial charge < -0.3 is 10.0 Å². The topological polar surface area (TPSA) is 40.5 Å². The highest BCUT2D eigenvalue weighted by Crippen LogP contribution is 2.17. The maximum absolute atomic E-state index is 11.9. The number of thiophene rings is 1. The minimum Gasteiger partial charge on any atom is -0.393 e. The first-order valence-electron chi connectivity index (χ1n) is 5.86. The van der Waals surface area contributed by atoms with Gasteiger partial charge in [-0.1, -0.05) is 0 Å². The molecule has 4 heteroatoms. The number of carbonyl (C=O) groups is 1. The minimum atomic E-state index is -0.234. The predicted molar refractivity (Wildman–Crippen MR) is 69.9 cm³/mol. The number of piperidine rings is 1. The highest BCUT2D eigenvalue weighted by molar-refractivity contribution is 7.11. The summed E-state index contributed by atoms with van der Waals surface area (Å²) in [4.78, 5) is 14.8. The van der Waals surface area contributed by atoms with Crippen LogP contribution in [0, 0.1) is 6.92 Å². The quantitative estimate of drug-likeness (QED) is 0.817. The van der Waals surface area contributed by atoms with Crippen LogP contribution < -0.4 is 0 Å². The van der Waals surface area contributed by atoms with Crippen molar-refractivity contribution in [3.05, 3.63) is 28.0 Å². The molecule has 1 saturated heterocycles. The van der Waals surface area contributed by atoms with Gasteiger partial charge in [0, 0.05) is 24.0 Å². The van der Waals surface area contributed by atoms with Gasteiger partial charge in [0.1, 0.15) is 0 Å². The smallest absolute Gasteiger partial charge is 0.246 e. The van der Waals surface area contributed by atoms with Crippen LogP contribution in [0.15, 0.2) is 17.5 Å². The Bertz CT molecular complexity index is 417. The van der Waals surface area contributed by atoms with Gasteiger partial charge in [0.25, 0.3) is 0 Å². The van der Waals surface area contributed by atoms with Crippen LogP contribution in [0.25, 0.3) is 6.08 Å². The summed E-state index contributed by atoms with van der Waals surface area (Å²) in [7, 11) is 0. The molecule has 0 spiro atoms. The average Bonchev–Trinajstić information content (AvgIpc) is 2.73. The molecule has 0 unspecified atom stereocenters. The summed E-state index contributed by atoms with van der Waals surface area (Å²) in [5.41, 5.74) is 1.20. The summed E-state index contributed by atoms with van der Waals surface area (Å²) in [5.74, 6) is 0.0460. The number of hydrogen-bond donors (Lipinski definition) is 1. The molecule has 0 bridgehead atoms. The summed E-state index contributed by atoms with van der Waals surface area (Å²) >= 11 is 1.64. The molecule has 1 fully saturated rings. The first-order valence-corrected chi connectivity index (χ1v) is 6.74. The van der Waals surface area contributed by atoms with Crippen molar-refractivity contribution in [2.24, 2.45) is 0 Å². The number of likely N-dealkylation sites (tertiary alicyclic amines) is 1. The fourth-order valence-corrected chi connectivity index (χ4v) is 2.71. The Balaban J connectivity index is 1.93. The molecule has 3 nitrogen and oxygen atoms in total. The van der Waals surface area contributed by atoms with Gasteiger partial charge in [-0.15, -0.1) is 11.3 Å². The van der Waals surface area contributed by atoms with E-state index in [9.17, 15) is 9.90 Å². The van der Waals surface area contributed by atoms with Gasteiger partial charge in [0.05, 0.1) is 6.10 Å². The SMILES string of the molecule is Cc1ccsc1/C=C/C(=O)N1CCC(O)CC1. The fraction of sp³-hybridized carbons (Fsp3) is 0.462. The Labute approximate surface area is 105 Å². The predicted octanol–water partition coefficient (Wildman–Crippen LogP) is 2.05. The number of rotatable bonds is 2. The maximum atomic E-state index is 11.9. The standard InChI is InChI=1S/C13H17NO2S/c1-10-6-9-17-12(10)2-3-13(16)14-7-4-11(15)5-8-14/h2-3,6,9,11,15H,4-5,7-8H2,1H3/b3-2+. The Morgan fingerprint density at radius 1 is 1.53 bits per heavy atom. The zero-order valence-corrected chi connectivity index (χ0v) is 10.7. The van der Waals surface area contributed by atoms with Crippen molar-refractivity contribution in [3.8, 4) is 0 Å². The van der Waals surface area contributed by atoms with E-state index < -0.39 is 0 Å². The lowest BCUT2D eigenvalue weighted by Crippen LogP contribution is -2.39. The molecule has 1 amide bonds. The summed E-state index contributed by atoms with van der Waals surface area (Å²) < 4.78 is 0. The Morgan fingerprint density at radius 2 is 2.24 bits per heavy atom. The monoisotopic (exact) mass is 251 g/mol. The Morgan fingerprint density at radius 3 is 2.82 bits per heavy atom. The number of carbonyl (C=O) groups excluding carboxylic acids is 1. The number of aryl methyl sites for hydroxylation is 1.